The smallest absolute Gasteiger partial charge is 0.321 e. The molecule has 112 valence electrons. The van der Waals surface area contributed by atoms with Crippen molar-refractivity contribution in [3.05, 3.63) is 48.0 Å². The minimum atomic E-state index is -4.61. The molecule has 1 aromatic carbocycles. The van der Waals surface area contributed by atoms with Crippen LogP contribution in [0.4, 0.5) is 18.9 Å². The molecular weight excluding hydrogens is 458 g/mol. The summed E-state index contributed by atoms with van der Waals surface area (Å²) in [4.78, 5) is 12.3. The summed E-state index contributed by atoms with van der Waals surface area (Å²) >= 11 is 13.1. The molecule has 0 unspecified atom stereocenters. The monoisotopic (exact) mass is 461 g/mol. The van der Waals surface area contributed by atoms with Gasteiger partial charge in [0.25, 0.3) is 5.91 Å². The third kappa shape index (κ3) is 4.00. The summed E-state index contributed by atoms with van der Waals surface area (Å²) < 4.78 is 40.1. The van der Waals surface area contributed by atoms with Gasteiger partial charge >= 0.3 is 6.18 Å². The maximum absolute atomic E-state index is 12.9. The number of carbonyl (C=O) groups is 1. The molecule has 0 saturated heterocycles. The number of anilines is 1. The molecule has 2 rings (SSSR count). The van der Waals surface area contributed by atoms with Crippen molar-refractivity contribution in [3.8, 4) is 0 Å². The van der Waals surface area contributed by atoms with Crippen molar-refractivity contribution in [2.75, 3.05) is 5.32 Å². The quantitative estimate of drug-likeness (QED) is 0.565. The molecule has 0 aliphatic rings. The van der Waals surface area contributed by atoms with Gasteiger partial charge in [-0.15, -0.1) is 11.3 Å². The zero-order valence-electron chi connectivity index (χ0n) is 9.89. The minimum Gasteiger partial charge on any atom is -0.321 e. The molecule has 0 radical (unpaired) electrons. The van der Waals surface area contributed by atoms with Gasteiger partial charge < -0.3 is 5.32 Å². The Morgan fingerprint density at radius 1 is 1.24 bits per heavy atom. The van der Waals surface area contributed by atoms with E-state index in [4.69, 9.17) is 11.6 Å². The number of halogens is 6. The van der Waals surface area contributed by atoms with E-state index in [2.05, 4.69) is 37.2 Å². The third-order valence-electron chi connectivity index (χ3n) is 2.40. The van der Waals surface area contributed by atoms with E-state index < -0.39 is 17.6 Å². The van der Waals surface area contributed by atoms with Crippen molar-refractivity contribution >= 4 is 66.4 Å². The SMILES string of the molecule is O=C(Nc1ccc(Cl)cc1C(F)(F)F)c1cc(Br)c(Br)s1. The lowest BCUT2D eigenvalue weighted by atomic mass is 10.1. The Kier molecular flexibility index (Phi) is 5.02. The molecule has 0 aliphatic carbocycles. The fraction of sp³-hybridized carbons (Fsp3) is 0.0833. The van der Waals surface area contributed by atoms with Crippen LogP contribution < -0.4 is 5.32 Å². The van der Waals surface area contributed by atoms with E-state index in [-0.39, 0.29) is 15.6 Å². The van der Waals surface area contributed by atoms with E-state index in [0.717, 1.165) is 23.5 Å². The Bertz CT molecular complexity index is 683. The van der Waals surface area contributed by atoms with Crippen LogP contribution in [0.25, 0.3) is 0 Å². The Balaban J connectivity index is 2.33. The predicted molar refractivity (Wildman–Crippen MR) is 84.1 cm³/mol. The van der Waals surface area contributed by atoms with Crippen LogP contribution >= 0.6 is 54.8 Å². The van der Waals surface area contributed by atoms with Crippen LogP contribution in [0.2, 0.25) is 5.02 Å². The van der Waals surface area contributed by atoms with Crippen molar-refractivity contribution in [2.24, 2.45) is 0 Å². The first-order chi connectivity index (χ1) is 9.68. The van der Waals surface area contributed by atoms with Gasteiger partial charge in [-0.2, -0.15) is 13.2 Å². The molecule has 21 heavy (non-hydrogen) atoms. The summed E-state index contributed by atoms with van der Waals surface area (Å²) in [6, 6.07) is 4.71. The second kappa shape index (κ2) is 6.28. The van der Waals surface area contributed by atoms with Gasteiger partial charge in [0, 0.05) is 9.50 Å². The lowest BCUT2D eigenvalue weighted by molar-refractivity contribution is -0.136. The highest BCUT2D eigenvalue weighted by Gasteiger charge is 2.34. The molecule has 1 amide bonds. The molecule has 0 aliphatic heterocycles. The van der Waals surface area contributed by atoms with Gasteiger partial charge in [0.1, 0.15) is 0 Å². The fourth-order valence-electron chi connectivity index (χ4n) is 1.50. The molecule has 9 heteroatoms. The van der Waals surface area contributed by atoms with Crippen LogP contribution in [0.5, 0.6) is 0 Å². The Hall–Kier alpha value is -0.570. The summed E-state index contributed by atoms with van der Waals surface area (Å²) in [5.41, 5.74) is -1.32. The Morgan fingerprint density at radius 2 is 1.90 bits per heavy atom. The number of hydrogen-bond acceptors (Lipinski definition) is 2. The first kappa shape index (κ1) is 16.8. The molecule has 0 atom stereocenters. The highest BCUT2D eigenvalue weighted by atomic mass is 79.9. The lowest BCUT2D eigenvalue weighted by Gasteiger charge is -2.13. The zero-order valence-corrected chi connectivity index (χ0v) is 14.6. The molecule has 2 aromatic rings. The van der Waals surface area contributed by atoms with Gasteiger partial charge in [-0.1, -0.05) is 11.6 Å². The zero-order chi connectivity index (χ0) is 15.8. The predicted octanol–water partition coefficient (Wildman–Crippen LogP) is 6.20. The van der Waals surface area contributed by atoms with Gasteiger partial charge in [-0.3, -0.25) is 4.79 Å². The number of amides is 1. The molecule has 1 aromatic heterocycles. The lowest BCUT2D eigenvalue weighted by Crippen LogP contribution is -2.15. The molecule has 2 nitrogen and oxygen atoms in total. The maximum Gasteiger partial charge on any atom is 0.418 e. The number of hydrogen-bond donors (Lipinski definition) is 1. The van der Waals surface area contributed by atoms with Crippen LogP contribution in [0.3, 0.4) is 0 Å². The third-order valence-corrected chi connectivity index (χ3v) is 5.89. The molecular formula is C12H5Br2ClF3NOS. The van der Waals surface area contributed by atoms with E-state index in [0.29, 0.717) is 8.26 Å². The second-order valence-corrected chi connectivity index (χ2v) is 7.53. The van der Waals surface area contributed by atoms with E-state index in [1.165, 1.54) is 12.1 Å². The van der Waals surface area contributed by atoms with Crippen molar-refractivity contribution in [1.29, 1.82) is 0 Å². The van der Waals surface area contributed by atoms with Crippen molar-refractivity contribution < 1.29 is 18.0 Å². The first-order valence-electron chi connectivity index (χ1n) is 5.31. The van der Waals surface area contributed by atoms with E-state index >= 15 is 0 Å². The molecule has 0 fully saturated rings. The first-order valence-corrected chi connectivity index (χ1v) is 8.09. The van der Waals surface area contributed by atoms with E-state index in [9.17, 15) is 18.0 Å². The van der Waals surface area contributed by atoms with Crippen molar-refractivity contribution in [3.63, 3.8) is 0 Å². The van der Waals surface area contributed by atoms with Gasteiger partial charge in [0.15, 0.2) is 0 Å². The highest BCUT2D eigenvalue weighted by molar-refractivity contribution is 9.13. The molecule has 0 spiro atoms. The van der Waals surface area contributed by atoms with Gasteiger partial charge in [0.05, 0.1) is 19.9 Å². The summed E-state index contributed by atoms with van der Waals surface area (Å²) in [6.45, 7) is 0. The summed E-state index contributed by atoms with van der Waals surface area (Å²) in [5, 5.41) is 2.20. The fourth-order valence-corrected chi connectivity index (χ4v) is 3.61. The van der Waals surface area contributed by atoms with Crippen molar-refractivity contribution in [1.82, 2.24) is 0 Å². The molecule has 0 saturated carbocycles. The number of nitrogens with one attached hydrogen (secondary N) is 1. The van der Waals surface area contributed by atoms with E-state index in [1.807, 2.05) is 0 Å². The maximum atomic E-state index is 12.9. The average molecular weight is 464 g/mol. The second-order valence-electron chi connectivity index (χ2n) is 3.87. The van der Waals surface area contributed by atoms with Crippen LogP contribution in [-0.2, 0) is 6.18 Å². The van der Waals surface area contributed by atoms with E-state index in [1.54, 1.807) is 0 Å². The van der Waals surface area contributed by atoms with Crippen LogP contribution in [0, 0.1) is 0 Å². The van der Waals surface area contributed by atoms with Gasteiger partial charge in [-0.25, -0.2) is 0 Å². The number of alkyl halides is 3. The highest BCUT2D eigenvalue weighted by Crippen LogP contribution is 2.37. The average Bonchev–Trinajstić information content (AvgIpc) is 2.71. The summed E-state index contributed by atoms with van der Waals surface area (Å²) in [7, 11) is 0. The number of carbonyl (C=O) groups excluding carboxylic acids is 1. The van der Waals surface area contributed by atoms with Crippen LogP contribution in [-0.4, -0.2) is 5.91 Å². The standard InChI is InChI=1S/C12H5Br2ClF3NOS/c13-7-4-9(21-10(7)14)11(20)19-8-2-1-5(15)3-6(8)12(16,17)18/h1-4H,(H,19,20). The van der Waals surface area contributed by atoms with Crippen LogP contribution in [0.15, 0.2) is 32.5 Å². The normalized spacial score (nSPS) is 11.5. The molecule has 0 bridgehead atoms. The molecule has 1 heterocycles. The van der Waals surface area contributed by atoms with Crippen LogP contribution in [0.1, 0.15) is 15.2 Å². The topological polar surface area (TPSA) is 29.1 Å². The van der Waals surface area contributed by atoms with Crippen molar-refractivity contribution in [2.45, 2.75) is 6.18 Å². The largest absolute Gasteiger partial charge is 0.418 e. The summed E-state index contributed by atoms with van der Waals surface area (Å²) in [6.07, 6.45) is -4.61. The number of benzene rings is 1. The Morgan fingerprint density at radius 3 is 2.43 bits per heavy atom. The number of rotatable bonds is 2. The Labute approximate surface area is 143 Å². The minimum absolute atomic E-state index is 0.0538. The van der Waals surface area contributed by atoms with Gasteiger partial charge in [0.2, 0.25) is 0 Å². The van der Waals surface area contributed by atoms with Gasteiger partial charge in [-0.05, 0) is 56.1 Å². The summed E-state index contributed by atoms with van der Waals surface area (Å²) in [5.74, 6) is -0.626. The molecule has 1 N–H and O–H groups in total. The number of thiophene rings is 1.